The lowest BCUT2D eigenvalue weighted by atomic mass is 9.82. The van der Waals surface area contributed by atoms with Gasteiger partial charge in [0.2, 0.25) is 18.2 Å². The summed E-state index contributed by atoms with van der Waals surface area (Å²) in [6.45, 7) is 5.00. The van der Waals surface area contributed by atoms with E-state index in [1.54, 1.807) is 4.90 Å². The molecule has 3 aliphatic rings. The smallest absolute Gasteiger partial charge is 0.236 e. The van der Waals surface area contributed by atoms with Crippen LogP contribution in [-0.4, -0.2) is 85.3 Å². The predicted molar refractivity (Wildman–Crippen MR) is 120 cm³/mol. The summed E-state index contributed by atoms with van der Waals surface area (Å²) < 4.78 is 5.96. The Labute approximate surface area is 189 Å². The van der Waals surface area contributed by atoms with Crippen LogP contribution in [0, 0.1) is 11.8 Å². The van der Waals surface area contributed by atoms with Crippen LogP contribution in [0.15, 0.2) is 36.4 Å². The quantitative estimate of drug-likeness (QED) is 0.558. The molecule has 1 N–H and O–H groups in total. The van der Waals surface area contributed by atoms with Gasteiger partial charge in [-0.3, -0.25) is 14.4 Å². The van der Waals surface area contributed by atoms with E-state index in [0.717, 1.165) is 24.1 Å². The lowest BCUT2D eigenvalue weighted by Gasteiger charge is -2.39. The number of amides is 3. The Morgan fingerprint density at radius 3 is 2.75 bits per heavy atom. The highest BCUT2D eigenvalue weighted by Gasteiger charge is 2.33. The number of hydrogen-bond acceptors (Lipinski definition) is 5. The average Bonchev–Trinajstić information content (AvgIpc) is 2.83. The number of nitrogens with one attached hydrogen (secondary N) is 1. The van der Waals surface area contributed by atoms with E-state index in [9.17, 15) is 14.4 Å². The van der Waals surface area contributed by atoms with Crippen molar-refractivity contribution in [2.45, 2.75) is 19.4 Å². The topological polar surface area (TPSA) is 82.2 Å². The number of hydrogen-bond donors (Lipinski definition) is 1. The molecule has 172 valence electrons. The fourth-order valence-electron chi connectivity index (χ4n) is 4.73. The van der Waals surface area contributed by atoms with Crippen LogP contribution < -0.4 is 10.1 Å². The molecule has 1 aromatic carbocycles. The minimum Gasteiger partial charge on any atom is -0.489 e. The molecule has 0 saturated carbocycles. The highest BCUT2D eigenvalue weighted by molar-refractivity contribution is 5.79. The second-order valence-electron chi connectivity index (χ2n) is 8.73. The number of nitrogens with zero attached hydrogens (tertiary/aromatic N) is 3. The van der Waals surface area contributed by atoms with Crippen molar-refractivity contribution >= 4 is 18.2 Å². The van der Waals surface area contributed by atoms with Crippen LogP contribution in [0.25, 0.3) is 0 Å². The Morgan fingerprint density at radius 2 is 1.94 bits per heavy atom. The molecule has 0 aromatic heterocycles. The number of fused-ring (bicyclic) bond motifs is 3. The molecular weight excluding hydrogens is 408 g/mol. The first-order valence-corrected chi connectivity index (χ1v) is 11.5. The summed E-state index contributed by atoms with van der Waals surface area (Å²) in [6, 6.07) is 7.86. The molecule has 0 spiro atoms. The molecule has 0 aliphatic carbocycles. The molecule has 1 aromatic rings. The van der Waals surface area contributed by atoms with Gasteiger partial charge in [-0.15, -0.1) is 0 Å². The summed E-state index contributed by atoms with van der Waals surface area (Å²) in [6.07, 6.45) is 6.26. The Balaban J connectivity index is 1.42. The molecule has 8 heteroatoms. The van der Waals surface area contributed by atoms with Crippen LogP contribution in [0.5, 0.6) is 5.75 Å². The highest BCUT2D eigenvalue weighted by Crippen LogP contribution is 2.29. The molecular formula is C24H32N4O4. The van der Waals surface area contributed by atoms with E-state index in [1.807, 2.05) is 40.1 Å². The molecule has 4 rings (SSSR count). The number of carbonyl (C=O) groups excluding carboxylic acids is 3. The van der Waals surface area contributed by atoms with Crippen LogP contribution >= 0.6 is 0 Å². The van der Waals surface area contributed by atoms with E-state index in [4.69, 9.17) is 4.74 Å². The lowest BCUT2D eigenvalue weighted by Crippen LogP contribution is -2.50. The molecule has 3 heterocycles. The number of piperidine rings is 1. The number of ether oxygens (including phenoxy) is 1. The summed E-state index contributed by atoms with van der Waals surface area (Å²) in [5, 5.41) is 3.25. The molecule has 0 unspecified atom stereocenters. The summed E-state index contributed by atoms with van der Waals surface area (Å²) in [7, 11) is 0. The maximum atomic E-state index is 12.9. The number of rotatable bonds is 3. The van der Waals surface area contributed by atoms with E-state index in [0.29, 0.717) is 58.8 Å². The first kappa shape index (κ1) is 22.3. The SMILES string of the molecule is O=CN1CCN(C(=O)C[C@@H]2CCN3C[C@@H]2/C=C\COc2ccccc2CNCC3=O)CC1. The minimum atomic E-state index is 0.0933. The van der Waals surface area contributed by atoms with E-state index >= 15 is 0 Å². The van der Waals surface area contributed by atoms with Crippen molar-refractivity contribution in [3.05, 3.63) is 42.0 Å². The third kappa shape index (κ3) is 5.48. The summed E-state index contributed by atoms with van der Waals surface area (Å²) >= 11 is 0. The maximum Gasteiger partial charge on any atom is 0.236 e. The second kappa shape index (κ2) is 10.6. The zero-order chi connectivity index (χ0) is 22.3. The summed E-state index contributed by atoms with van der Waals surface area (Å²) in [4.78, 5) is 42.1. The van der Waals surface area contributed by atoms with Crippen molar-refractivity contribution in [3.63, 3.8) is 0 Å². The third-order valence-electron chi connectivity index (χ3n) is 6.69. The molecule has 3 aliphatic heterocycles. The summed E-state index contributed by atoms with van der Waals surface area (Å²) in [5.41, 5.74) is 1.03. The van der Waals surface area contributed by atoms with Crippen molar-refractivity contribution in [3.8, 4) is 5.75 Å². The van der Waals surface area contributed by atoms with Crippen LogP contribution in [0.3, 0.4) is 0 Å². The van der Waals surface area contributed by atoms with Gasteiger partial charge in [-0.2, -0.15) is 0 Å². The van der Waals surface area contributed by atoms with Crippen LogP contribution in [0.2, 0.25) is 0 Å². The average molecular weight is 441 g/mol. The normalized spacial score (nSPS) is 25.5. The van der Waals surface area contributed by atoms with Gasteiger partial charge in [0.05, 0.1) is 6.54 Å². The molecule has 32 heavy (non-hydrogen) atoms. The Hall–Kier alpha value is -2.87. The van der Waals surface area contributed by atoms with E-state index < -0.39 is 0 Å². The molecule has 8 nitrogen and oxygen atoms in total. The van der Waals surface area contributed by atoms with Crippen molar-refractivity contribution in [2.24, 2.45) is 11.8 Å². The van der Waals surface area contributed by atoms with Gasteiger partial charge >= 0.3 is 0 Å². The van der Waals surface area contributed by atoms with Gasteiger partial charge in [-0.25, -0.2) is 0 Å². The van der Waals surface area contributed by atoms with E-state index in [-0.39, 0.29) is 30.2 Å². The zero-order valence-electron chi connectivity index (χ0n) is 18.4. The van der Waals surface area contributed by atoms with Crippen molar-refractivity contribution < 1.29 is 19.1 Å². The molecule has 2 atom stereocenters. The lowest BCUT2D eigenvalue weighted by molar-refractivity contribution is -0.137. The van der Waals surface area contributed by atoms with E-state index in [1.165, 1.54) is 0 Å². The summed E-state index contributed by atoms with van der Waals surface area (Å²) in [5.74, 6) is 1.37. The standard InChI is InChI=1S/C24H32N4O4/c29-18-26-9-11-27(12-10-26)23(30)14-19-7-8-28-17-21(19)5-3-13-32-22-6-2-1-4-20(22)15-25-16-24(28)31/h1-6,18-19,21,25H,7-17H2/b5-3-/t19-,21-/m0/s1. The predicted octanol–water partition coefficient (Wildman–Crippen LogP) is 0.880. The van der Waals surface area contributed by atoms with Gasteiger partial charge in [0, 0.05) is 57.8 Å². The van der Waals surface area contributed by atoms with Gasteiger partial charge in [-0.05, 0) is 24.3 Å². The first-order valence-electron chi connectivity index (χ1n) is 11.5. The number of piperazine rings is 1. The number of para-hydroxylation sites is 1. The third-order valence-corrected chi connectivity index (χ3v) is 6.69. The van der Waals surface area contributed by atoms with Gasteiger partial charge in [0.1, 0.15) is 12.4 Å². The molecule has 0 radical (unpaired) electrons. The van der Waals surface area contributed by atoms with E-state index in [2.05, 4.69) is 11.4 Å². The van der Waals surface area contributed by atoms with Gasteiger partial charge in [-0.1, -0.05) is 30.4 Å². The number of benzene rings is 1. The highest BCUT2D eigenvalue weighted by atomic mass is 16.5. The fourth-order valence-corrected chi connectivity index (χ4v) is 4.73. The maximum absolute atomic E-state index is 12.9. The number of carbonyl (C=O) groups is 3. The molecule has 2 fully saturated rings. The van der Waals surface area contributed by atoms with Crippen molar-refractivity contribution in [1.82, 2.24) is 20.0 Å². The molecule has 3 amide bonds. The zero-order valence-corrected chi connectivity index (χ0v) is 18.4. The van der Waals surface area contributed by atoms with Gasteiger partial charge in [0.25, 0.3) is 0 Å². The van der Waals surface area contributed by atoms with Gasteiger partial charge in [0.15, 0.2) is 0 Å². The fraction of sp³-hybridized carbons (Fsp3) is 0.542. The second-order valence-corrected chi connectivity index (χ2v) is 8.73. The monoisotopic (exact) mass is 440 g/mol. The van der Waals surface area contributed by atoms with Crippen LogP contribution in [0.1, 0.15) is 18.4 Å². The van der Waals surface area contributed by atoms with Crippen molar-refractivity contribution in [1.29, 1.82) is 0 Å². The Bertz CT molecular complexity index is 850. The minimum absolute atomic E-state index is 0.0933. The Kier molecular flexibility index (Phi) is 7.42. The molecule has 2 saturated heterocycles. The van der Waals surface area contributed by atoms with Crippen LogP contribution in [0.4, 0.5) is 0 Å². The molecule has 2 bridgehead atoms. The van der Waals surface area contributed by atoms with Crippen molar-refractivity contribution in [2.75, 3.05) is 52.4 Å². The van der Waals surface area contributed by atoms with Crippen LogP contribution in [-0.2, 0) is 20.9 Å². The van der Waals surface area contributed by atoms with Gasteiger partial charge < -0.3 is 24.8 Å². The Morgan fingerprint density at radius 1 is 1.12 bits per heavy atom. The largest absolute Gasteiger partial charge is 0.489 e. The first-order chi connectivity index (χ1) is 15.6.